The molecular weight excluding hydrogens is 513 g/mol. The smallest absolute Gasteiger partial charge is 0.223 e. The maximum absolute atomic E-state index is 12.5. The summed E-state index contributed by atoms with van der Waals surface area (Å²) in [7, 11) is 1.77. The lowest BCUT2D eigenvalue weighted by atomic mass is 10.1. The van der Waals surface area contributed by atoms with E-state index in [2.05, 4.69) is 64.1 Å². The van der Waals surface area contributed by atoms with E-state index in [1.165, 1.54) is 33.2 Å². The fourth-order valence-corrected chi connectivity index (χ4v) is 4.22. The van der Waals surface area contributed by atoms with Crippen molar-refractivity contribution in [1.29, 1.82) is 0 Å². The molecular formula is C25H32IN5O. The lowest BCUT2D eigenvalue weighted by Crippen LogP contribution is -2.39. The van der Waals surface area contributed by atoms with E-state index in [1.54, 1.807) is 7.05 Å². The van der Waals surface area contributed by atoms with Crippen molar-refractivity contribution in [1.82, 2.24) is 20.5 Å². The fourth-order valence-electron chi connectivity index (χ4n) is 4.22. The number of nitrogens with zero attached hydrogens (tertiary/aromatic N) is 2. The molecule has 3 aromatic rings. The van der Waals surface area contributed by atoms with Crippen LogP contribution in [0.15, 0.2) is 53.7 Å². The number of H-pyrrole nitrogens is 1. The lowest BCUT2D eigenvalue weighted by molar-refractivity contribution is -0.131. The highest BCUT2D eigenvalue weighted by molar-refractivity contribution is 14.0. The number of aromatic amines is 1. The van der Waals surface area contributed by atoms with Crippen LogP contribution in [0.5, 0.6) is 0 Å². The number of amides is 1. The van der Waals surface area contributed by atoms with Gasteiger partial charge in [0.1, 0.15) is 0 Å². The van der Waals surface area contributed by atoms with E-state index in [0.29, 0.717) is 6.42 Å². The van der Waals surface area contributed by atoms with Gasteiger partial charge in [-0.1, -0.05) is 42.5 Å². The van der Waals surface area contributed by atoms with Crippen molar-refractivity contribution in [3.05, 3.63) is 70.9 Å². The molecule has 32 heavy (non-hydrogen) atoms. The van der Waals surface area contributed by atoms with Crippen molar-refractivity contribution >= 4 is 46.7 Å². The number of carbonyl (C=O) groups excluding carboxylic acids is 1. The second-order valence-electron chi connectivity index (χ2n) is 8.11. The molecule has 170 valence electrons. The van der Waals surface area contributed by atoms with Crippen molar-refractivity contribution in [3.8, 4) is 0 Å². The highest BCUT2D eigenvalue weighted by Gasteiger charge is 2.22. The average molecular weight is 545 g/mol. The number of carbonyl (C=O) groups is 1. The first-order valence-electron chi connectivity index (χ1n) is 11.0. The molecule has 0 atom stereocenters. The molecule has 7 heteroatoms. The highest BCUT2D eigenvalue weighted by atomic mass is 127. The lowest BCUT2D eigenvalue weighted by Gasteiger charge is -2.16. The Balaban J connectivity index is 0.00000289. The van der Waals surface area contributed by atoms with Gasteiger partial charge >= 0.3 is 0 Å². The molecule has 3 N–H and O–H groups in total. The standard InChI is InChI=1S/C25H31N5O.HI/c1-18-7-5-10-22-19(15-29-24(18)22)12-14-28-25(26-2)27-13-6-11-23(31)30-16-20-8-3-4-9-21(20)17-30;/h3-5,7-10,15,29H,6,11-14,16-17H2,1-2H3,(H2,26,27,28);1H. The van der Waals surface area contributed by atoms with Crippen LogP contribution in [0.3, 0.4) is 0 Å². The number of guanidine groups is 1. The maximum atomic E-state index is 12.5. The van der Waals surface area contributed by atoms with Crippen molar-refractivity contribution in [2.45, 2.75) is 39.3 Å². The predicted molar refractivity (Wildman–Crippen MR) is 141 cm³/mol. The summed E-state index contributed by atoms with van der Waals surface area (Å²) in [4.78, 5) is 22.1. The number of hydrogen-bond donors (Lipinski definition) is 3. The molecule has 0 aliphatic carbocycles. The highest BCUT2D eigenvalue weighted by Crippen LogP contribution is 2.23. The number of aromatic nitrogens is 1. The Kier molecular flexibility index (Phi) is 8.55. The van der Waals surface area contributed by atoms with Gasteiger partial charge in [0.05, 0.1) is 0 Å². The summed E-state index contributed by atoms with van der Waals surface area (Å²) in [6.45, 7) is 5.11. The first kappa shape index (κ1) is 24.1. The van der Waals surface area contributed by atoms with Crippen LogP contribution in [0.25, 0.3) is 10.9 Å². The quantitative estimate of drug-likeness (QED) is 0.181. The van der Waals surface area contributed by atoms with Gasteiger partial charge in [-0.05, 0) is 42.0 Å². The van der Waals surface area contributed by atoms with Gasteiger partial charge in [-0.15, -0.1) is 24.0 Å². The number of rotatable bonds is 7. The van der Waals surface area contributed by atoms with Gasteiger partial charge in [0.15, 0.2) is 5.96 Å². The summed E-state index contributed by atoms with van der Waals surface area (Å²) in [6, 6.07) is 14.7. The molecule has 0 saturated heterocycles. The van der Waals surface area contributed by atoms with Crippen LogP contribution in [0.4, 0.5) is 0 Å². The average Bonchev–Trinajstić information content (AvgIpc) is 3.40. The summed E-state index contributed by atoms with van der Waals surface area (Å²) >= 11 is 0. The zero-order valence-electron chi connectivity index (χ0n) is 18.8. The molecule has 0 spiro atoms. The predicted octanol–water partition coefficient (Wildman–Crippen LogP) is 4.12. The molecule has 2 heterocycles. The third kappa shape index (κ3) is 5.62. The number of nitrogens with one attached hydrogen (secondary N) is 3. The fraction of sp³-hybridized carbons (Fsp3) is 0.360. The molecule has 0 radical (unpaired) electrons. The topological polar surface area (TPSA) is 72.5 Å². The van der Waals surface area contributed by atoms with Crippen molar-refractivity contribution in [3.63, 3.8) is 0 Å². The number of para-hydroxylation sites is 1. The Morgan fingerprint density at radius 2 is 1.78 bits per heavy atom. The SMILES string of the molecule is CN=C(NCCCC(=O)N1Cc2ccccc2C1)NCCc1c[nH]c2c(C)cccc12.I. The van der Waals surface area contributed by atoms with E-state index < -0.39 is 0 Å². The second-order valence-corrected chi connectivity index (χ2v) is 8.11. The first-order valence-corrected chi connectivity index (χ1v) is 11.0. The van der Waals surface area contributed by atoms with Crippen LogP contribution < -0.4 is 10.6 Å². The van der Waals surface area contributed by atoms with E-state index in [-0.39, 0.29) is 29.9 Å². The minimum absolute atomic E-state index is 0. The molecule has 0 bridgehead atoms. The number of fused-ring (bicyclic) bond motifs is 2. The van der Waals surface area contributed by atoms with Crippen molar-refractivity contribution < 1.29 is 4.79 Å². The molecule has 6 nitrogen and oxygen atoms in total. The summed E-state index contributed by atoms with van der Waals surface area (Å²) in [5, 5.41) is 7.98. The Hall–Kier alpha value is -2.55. The Bertz CT molecular complexity index is 1070. The maximum Gasteiger partial charge on any atom is 0.223 e. The molecule has 4 rings (SSSR count). The molecule has 1 aliphatic heterocycles. The number of hydrogen-bond acceptors (Lipinski definition) is 2. The molecule has 2 aromatic carbocycles. The third-order valence-corrected chi connectivity index (χ3v) is 5.97. The minimum Gasteiger partial charge on any atom is -0.361 e. The zero-order valence-corrected chi connectivity index (χ0v) is 21.1. The number of benzene rings is 2. The van der Waals surface area contributed by atoms with Gasteiger partial charge in [0, 0.05) is 56.7 Å². The summed E-state index contributed by atoms with van der Waals surface area (Å²) in [6.07, 6.45) is 4.34. The Morgan fingerprint density at radius 3 is 2.50 bits per heavy atom. The largest absolute Gasteiger partial charge is 0.361 e. The second kappa shape index (κ2) is 11.4. The number of aryl methyl sites for hydroxylation is 1. The first-order chi connectivity index (χ1) is 15.2. The van der Waals surface area contributed by atoms with Crippen LogP contribution in [0.1, 0.15) is 35.1 Å². The van der Waals surface area contributed by atoms with Crippen LogP contribution in [0, 0.1) is 6.92 Å². The van der Waals surface area contributed by atoms with Gasteiger partial charge in [-0.3, -0.25) is 9.79 Å². The van der Waals surface area contributed by atoms with E-state index >= 15 is 0 Å². The van der Waals surface area contributed by atoms with Crippen LogP contribution in [-0.2, 0) is 24.3 Å². The molecule has 0 fully saturated rings. The van der Waals surface area contributed by atoms with Gasteiger partial charge in [0.2, 0.25) is 5.91 Å². The van der Waals surface area contributed by atoms with E-state index in [9.17, 15) is 4.79 Å². The minimum atomic E-state index is 0. The summed E-state index contributed by atoms with van der Waals surface area (Å²) in [5.74, 6) is 0.993. The molecule has 1 aromatic heterocycles. The van der Waals surface area contributed by atoms with Gasteiger partial charge in [-0.2, -0.15) is 0 Å². The van der Waals surface area contributed by atoms with Crippen LogP contribution in [0.2, 0.25) is 0 Å². The van der Waals surface area contributed by atoms with Crippen LogP contribution in [-0.4, -0.2) is 41.9 Å². The Labute approximate surface area is 206 Å². The molecule has 1 aliphatic rings. The molecule has 1 amide bonds. The van der Waals surface area contributed by atoms with Gasteiger partial charge in [0.25, 0.3) is 0 Å². The van der Waals surface area contributed by atoms with E-state index in [0.717, 1.165) is 45.0 Å². The third-order valence-electron chi connectivity index (χ3n) is 5.97. The number of aliphatic imine (C=N–C) groups is 1. The summed E-state index contributed by atoms with van der Waals surface area (Å²) in [5.41, 5.74) is 6.32. The molecule has 0 saturated carbocycles. The number of halogens is 1. The van der Waals surface area contributed by atoms with Gasteiger partial charge < -0.3 is 20.5 Å². The van der Waals surface area contributed by atoms with Crippen molar-refractivity contribution in [2.75, 3.05) is 20.1 Å². The normalized spacial score (nSPS) is 13.1. The molecule has 0 unspecified atom stereocenters. The summed E-state index contributed by atoms with van der Waals surface area (Å²) < 4.78 is 0. The zero-order chi connectivity index (χ0) is 21.6. The monoisotopic (exact) mass is 545 g/mol. The van der Waals surface area contributed by atoms with Crippen LogP contribution >= 0.6 is 24.0 Å². The van der Waals surface area contributed by atoms with Gasteiger partial charge in [-0.25, -0.2) is 0 Å². The van der Waals surface area contributed by atoms with E-state index in [1.807, 2.05) is 17.0 Å². The van der Waals surface area contributed by atoms with E-state index in [4.69, 9.17) is 0 Å². The van der Waals surface area contributed by atoms with Crippen molar-refractivity contribution in [2.24, 2.45) is 4.99 Å². The Morgan fingerprint density at radius 1 is 1.06 bits per heavy atom.